The lowest BCUT2D eigenvalue weighted by atomic mass is 9.96. The van der Waals surface area contributed by atoms with Gasteiger partial charge in [0.1, 0.15) is 6.29 Å². The quantitative estimate of drug-likeness (QED) is 0.350. The summed E-state index contributed by atoms with van der Waals surface area (Å²) in [5.74, 6) is 0. The molecular formula is C7H9BrO. The molecule has 1 atom stereocenters. The Morgan fingerprint density at radius 2 is 2.33 bits per heavy atom. The second-order valence-corrected chi connectivity index (χ2v) is 3.95. The number of carbonyl (C=O) groups is 1. The Hall–Kier alpha value is -0.110. The molecule has 0 radical (unpaired) electrons. The average Bonchev–Trinajstić information content (AvgIpc) is 1.90. The fourth-order valence-corrected chi connectivity index (χ4v) is 1.35. The van der Waals surface area contributed by atoms with Crippen LogP contribution in [0.1, 0.15) is 19.3 Å². The third kappa shape index (κ3) is 1.65. The maximum Gasteiger partial charge on any atom is 0.137 e. The largest absolute Gasteiger partial charge is 0.302 e. The molecule has 0 bridgehead atoms. The van der Waals surface area contributed by atoms with Crippen LogP contribution in [-0.2, 0) is 4.79 Å². The van der Waals surface area contributed by atoms with Crippen molar-refractivity contribution >= 4 is 22.2 Å². The second kappa shape index (κ2) is 2.65. The normalized spacial score (nSPS) is 34.3. The van der Waals surface area contributed by atoms with E-state index < -0.39 is 0 Å². The second-order valence-electron chi connectivity index (χ2n) is 2.37. The summed E-state index contributed by atoms with van der Waals surface area (Å²) in [6.07, 6.45) is 7.96. The summed E-state index contributed by atoms with van der Waals surface area (Å²) in [6.45, 7) is 0. The van der Waals surface area contributed by atoms with Crippen molar-refractivity contribution in [1.29, 1.82) is 0 Å². The molecule has 2 heteroatoms. The SMILES string of the molecule is O=CC1(Br)CC=CCC1. The van der Waals surface area contributed by atoms with Crippen molar-refractivity contribution in [3.05, 3.63) is 12.2 Å². The van der Waals surface area contributed by atoms with Crippen LogP contribution in [0.4, 0.5) is 0 Å². The van der Waals surface area contributed by atoms with Gasteiger partial charge in [-0.15, -0.1) is 0 Å². The molecule has 0 aromatic heterocycles. The van der Waals surface area contributed by atoms with E-state index >= 15 is 0 Å². The van der Waals surface area contributed by atoms with Gasteiger partial charge in [0.2, 0.25) is 0 Å². The Balaban J connectivity index is 2.60. The van der Waals surface area contributed by atoms with Gasteiger partial charge >= 0.3 is 0 Å². The number of rotatable bonds is 1. The van der Waals surface area contributed by atoms with E-state index in [2.05, 4.69) is 22.0 Å². The lowest BCUT2D eigenvalue weighted by Crippen LogP contribution is -2.23. The number of aldehydes is 1. The molecule has 0 N–H and O–H groups in total. The first kappa shape index (κ1) is 7.00. The van der Waals surface area contributed by atoms with Crippen LogP contribution in [0.5, 0.6) is 0 Å². The van der Waals surface area contributed by atoms with Crippen molar-refractivity contribution in [2.45, 2.75) is 23.6 Å². The van der Waals surface area contributed by atoms with Crippen LogP contribution < -0.4 is 0 Å². The molecule has 0 aromatic rings. The van der Waals surface area contributed by atoms with E-state index in [1.165, 1.54) is 0 Å². The Morgan fingerprint density at radius 1 is 1.56 bits per heavy atom. The first-order valence-corrected chi connectivity index (χ1v) is 3.86. The Kier molecular flexibility index (Phi) is 2.06. The highest BCUT2D eigenvalue weighted by molar-refractivity contribution is 9.10. The smallest absolute Gasteiger partial charge is 0.137 e. The van der Waals surface area contributed by atoms with Crippen LogP contribution in [-0.4, -0.2) is 10.6 Å². The summed E-state index contributed by atoms with van der Waals surface area (Å²) in [4.78, 5) is 10.4. The zero-order valence-electron chi connectivity index (χ0n) is 5.14. The van der Waals surface area contributed by atoms with Crippen molar-refractivity contribution < 1.29 is 4.79 Å². The van der Waals surface area contributed by atoms with Gasteiger partial charge in [-0.25, -0.2) is 0 Å². The van der Waals surface area contributed by atoms with Crippen LogP contribution in [0.3, 0.4) is 0 Å². The van der Waals surface area contributed by atoms with E-state index in [0.29, 0.717) is 0 Å². The van der Waals surface area contributed by atoms with Crippen molar-refractivity contribution in [3.63, 3.8) is 0 Å². The van der Waals surface area contributed by atoms with Crippen molar-refractivity contribution in [1.82, 2.24) is 0 Å². The van der Waals surface area contributed by atoms with Crippen LogP contribution in [0, 0.1) is 0 Å². The van der Waals surface area contributed by atoms with Gasteiger partial charge < -0.3 is 4.79 Å². The number of alkyl halides is 1. The van der Waals surface area contributed by atoms with E-state index in [1.807, 2.05) is 6.08 Å². The van der Waals surface area contributed by atoms with Crippen molar-refractivity contribution in [3.8, 4) is 0 Å². The molecule has 0 aromatic carbocycles. The van der Waals surface area contributed by atoms with Crippen molar-refractivity contribution in [2.75, 3.05) is 0 Å². The molecule has 0 heterocycles. The van der Waals surface area contributed by atoms with Gasteiger partial charge in [-0.3, -0.25) is 0 Å². The van der Waals surface area contributed by atoms with E-state index in [9.17, 15) is 4.79 Å². The molecule has 9 heavy (non-hydrogen) atoms. The van der Waals surface area contributed by atoms with Crippen LogP contribution in [0.2, 0.25) is 0 Å². The highest BCUT2D eigenvalue weighted by Gasteiger charge is 2.25. The summed E-state index contributed by atoms with van der Waals surface area (Å²) in [5, 5.41) is 0. The number of allylic oxidation sites excluding steroid dienone is 2. The first-order chi connectivity index (χ1) is 4.27. The van der Waals surface area contributed by atoms with E-state index in [0.717, 1.165) is 25.5 Å². The summed E-state index contributed by atoms with van der Waals surface area (Å²) < 4.78 is -0.234. The lowest BCUT2D eigenvalue weighted by molar-refractivity contribution is -0.109. The summed E-state index contributed by atoms with van der Waals surface area (Å²) >= 11 is 3.38. The first-order valence-electron chi connectivity index (χ1n) is 3.07. The number of hydrogen-bond acceptors (Lipinski definition) is 1. The monoisotopic (exact) mass is 188 g/mol. The maximum absolute atomic E-state index is 10.4. The van der Waals surface area contributed by atoms with Crippen molar-refractivity contribution in [2.24, 2.45) is 0 Å². The summed E-state index contributed by atoms with van der Waals surface area (Å²) in [7, 11) is 0. The minimum atomic E-state index is -0.234. The van der Waals surface area contributed by atoms with Gasteiger partial charge in [0.25, 0.3) is 0 Å². The van der Waals surface area contributed by atoms with Crippen LogP contribution in [0.25, 0.3) is 0 Å². The molecule has 1 unspecified atom stereocenters. The summed E-state index contributed by atoms with van der Waals surface area (Å²) in [5.41, 5.74) is 0. The Bertz CT molecular complexity index is 142. The number of halogens is 1. The molecule has 1 aliphatic rings. The zero-order valence-corrected chi connectivity index (χ0v) is 6.73. The predicted molar refractivity (Wildman–Crippen MR) is 40.7 cm³/mol. The topological polar surface area (TPSA) is 17.1 Å². The number of hydrogen-bond donors (Lipinski definition) is 0. The van der Waals surface area contributed by atoms with Gasteiger partial charge in [-0.1, -0.05) is 28.1 Å². The molecular weight excluding hydrogens is 180 g/mol. The maximum atomic E-state index is 10.4. The summed E-state index contributed by atoms with van der Waals surface area (Å²) in [6, 6.07) is 0. The number of carbonyl (C=O) groups excluding carboxylic acids is 1. The molecule has 1 rings (SSSR count). The highest BCUT2D eigenvalue weighted by Crippen LogP contribution is 2.29. The Morgan fingerprint density at radius 3 is 2.67 bits per heavy atom. The third-order valence-electron chi connectivity index (χ3n) is 1.56. The van der Waals surface area contributed by atoms with E-state index in [1.54, 1.807) is 0 Å². The van der Waals surface area contributed by atoms with Gasteiger partial charge in [-0.2, -0.15) is 0 Å². The van der Waals surface area contributed by atoms with Gasteiger partial charge in [0.15, 0.2) is 0 Å². The fraction of sp³-hybridized carbons (Fsp3) is 0.571. The van der Waals surface area contributed by atoms with Gasteiger partial charge in [-0.05, 0) is 19.3 Å². The molecule has 0 amide bonds. The molecule has 0 spiro atoms. The Labute approximate surface area is 63.3 Å². The zero-order chi connectivity index (χ0) is 6.74. The molecule has 0 saturated heterocycles. The standard InChI is InChI=1S/C7H9BrO/c8-7(6-9)4-2-1-3-5-7/h1-2,6H,3-5H2. The van der Waals surface area contributed by atoms with E-state index in [4.69, 9.17) is 0 Å². The van der Waals surface area contributed by atoms with Gasteiger partial charge in [0, 0.05) is 0 Å². The minimum absolute atomic E-state index is 0.234. The molecule has 0 fully saturated rings. The third-order valence-corrected chi connectivity index (χ3v) is 2.47. The van der Waals surface area contributed by atoms with E-state index in [-0.39, 0.29) is 4.32 Å². The molecule has 0 saturated carbocycles. The van der Waals surface area contributed by atoms with Crippen LogP contribution >= 0.6 is 15.9 Å². The molecule has 1 nitrogen and oxygen atoms in total. The molecule has 50 valence electrons. The van der Waals surface area contributed by atoms with Gasteiger partial charge in [0.05, 0.1) is 4.32 Å². The minimum Gasteiger partial charge on any atom is -0.302 e. The molecule has 1 aliphatic carbocycles. The predicted octanol–water partition coefficient (Wildman–Crippen LogP) is 2.06. The fourth-order valence-electron chi connectivity index (χ4n) is 0.929. The molecule has 0 aliphatic heterocycles. The lowest BCUT2D eigenvalue weighted by Gasteiger charge is -2.20. The highest BCUT2D eigenvalue weighted by atomic mass is 79.9. The average molecular weight is 189 g/mol. The van der Waals surface area contributed by atoms with Crippen LogP contribution in [0.15, 0.2) is 12.2 Å².